The summed E-state index contributed by atoms with van der Waals surface area (Å²) >= 11 is 0. The molecule has 5 nitrogen and oxygen atoms in total. The molecule has 0 radical (unpaired) electrons. The molecule has 0 saturated heterocycles. The molecule has 0 saturated carbocycles. The standard InChI is InChI=1S/C23H22F2N4O/c1-23(24,25)18-7-4-6-16(14-18)17-9-10-19-20(15-17)29(13-5-12-26-19)22(30)28-21-8-2-3-11-27-21/h2-4,6-11,14-15,26H,5,12-13H2,1H3,(H,27,28,30). The molecule has 3 aromatic rings. The number of amides is 2. The SMILES string of the molecule is CC(F)(F)c1cccc(-c2ccc3c(c2)N(C(=O)Nc2ccccn2)CCCN3)c1. The van der Waals surface area contributed by atoms with Crippen molar-refractivity contribution < 1.29 is 13.6 Å². The predicted octanol–water partition coefficient (Wildman–Crippen LogP) is 5.71. The molecule has 2 aromatic carbocycles. The second-order valence-electron chi connectivity index (χ2n) is 7.28. The van der Waals surface area contributed by atoms with Crippen LogP contribution in [0.4, 0.5) is 30.8 Å². The van der Waals surface area contributed by atoms with Gasteiger partial charge in [0.15, 0.2) is 0 Å². The molecule has 2 N–H and O–H groups in total. The molecule has 0 unspecified atom stereocenters. The third-order valence-electron chi connectivity index (χ3n) is 5.01. The third kappa shape index (κ3) is 4.25. The Kier molecular flexibility index (Phi) is 5.35. The number of urea groups is 1. The third-order valence-corrected chi connectivity index (χ3v) is 5.01. The van der Waals surface area contributed by atoms with Gasteiger partial charge in [0.25, 0.3) is 5.92 Å². The highest BCUT2D eigenvalue weighted by Crippen LogP contribution is 2.36. The summed E-state index contributed by atoms with van der Waals surface area (Å²) in [6.07, 6.45) is 2.39. The molecule has 7 heteroatoms. The lowest BCUT2D eigenvalue weighted by Gasteiger charge is -2.23. The molecular formula is C23H22F2N4O. The fourth-order valence-corrected chi connectivity index (χ4v) is 3.46. The molecule has 1 aliphatic rings. The first-order valence-corrected chi connectivity index (χ1v) is 9.78. The number of carbonyl (C=O) groups is 1. The minimum atomic E-state index is -2.92. The topological polar surface area (TPSA) is 57.3 Å². The summed E-state index contributed by atoms with van der Waals surface area (Å²) in [5.41, 5.74) is 2.92. The van der Waals surface area contributed by atoms with Crippen LogP contribution in [-0.4, -0.2) is 24.1 Å². The van der Waals surface area contributed by atoms with Gasteiger partial charge in [-0.3, -0.25) is 10.2 Å². The number of carbonyl (C=O) groups excluding carboxylic acids is 1. The van der Waals surface area contributed by atoms with Crippen molar-refractivity contribution in [2.45, 2.75) is 19.3 Å². The first-order chi connectivity index (χ1) is 14.4. The van der Waals surface area contributed by atoms with Gasteiger partial charge < -0.3 is 5.32 Å². The average Bonchev–Trinajstić information content (AvgIpc) is 2.96. The van der Waals surface area contributed by atoms with Crippen LogP contribution >= 0.6 is 0 Å². The van der Waals surface area contributed by atoms with Gasteiger partial charge in [-0.1, -0.05) is 30.3 Å². The van der Waals surface area contributed by atoms with Gasteiger partial charge in [-0.25, -0.2) is 18.6 Å². The van der Waals surface area contributed by atoms with E-state index in [4.69, 9.17) is 0 Å². The lowest BCUT2D eigenvalue weighted by molar-refractivity contribution is 0.0175. The Morgan fingerprint density at radius 1 is 1.10 bits per heavy atom. The van der Waals surface area contributed by atoms with Gasteiger partial charge in [-0.15, -0.1) is 0 Å². The number of hydrogen-bond acceptors (Lipinski definition) is 3. The van der Waals surface area contributed by atoms with E-state index < -0.39 is 5.92 Å². The van der Waals surface area contributed by atoms with Crippen molar-refractivity contribution in [3.8, 4) is 11.1 Å². The summed E-state index contributed by atoms with van der Waals surface area (Å²) in [5, 5.41) is 6.15. The van der Waals surface area contributed by atoms with E-state index in [0.717, 1.165) is 31.1 Å². The number of pyridine rings is 1. The molecule has 0 bridgehead atoms. The summed E-state index contributed by atoms with van der Waals surface area (Å²) < 4.78 is 27.6. The van der Waals surface area contributed by atoms with Crippen LogP contribution in [0.15, 0.2) is 66.9 Å². The Balaban J connectivity index is 1.69. The molecule has 4 rings (SSSR count). The maximum Gasteiger partial charge on any atom is 0.327 e. The Morgan fingerprint density at radius 3 is 2.70 bits per heavy atom. The fraction of sp³-hybridized carbons (Fsp3) is 0.217. The van der Waals surface area contributed by atoms with Crippen molar-refractivity contribution in [1.82, 2.24) is 4.98 Å². The number of alkyl halides is 2. The van der Waals surface area contributed by atoms with E-state index in [1.165, 1.54) is 12.1 Å². The Morgan fingerprint density at radius 2 is 1.93 bits per heavy atom. The lowest BCUT2D eigenvalue weighted by atomic mass is 9.99. The van der Waals surface area contributed by atoms with Gasteiger partial charge in [0.05, 0.1) is 11.4 Å². The average molecular weight is 408 g/mol. The molecule has 1 aliphatic heterocycles. The summed E-state index contributed by atoms with van der Waals surface area (Å²) in [7, 11) is 0. The molecular weight excluding hydrogens is 386 g/mol. The van der Waals surface area contributed by atoms with Crippen LogP contribution in [0.2, 0.25) is 0 Å². The van der Waals surface area contributed by atoms with Gasteiger partial charge in [0, 0.05) is 31.8 Å². The molecule has 0 spiro atoms. The first-order valence-electron chi connectivity index (χ1n) is 9.78. The van der Waals surface area contributed by atoms with E-state index >= 15 is 0 Å². The normalized spacial score (nSPS) is 13.8. The van der Waals surface area contributed by atoms with Crippen LogP contribution in [0.5, 0.6) is 0 Å². The van der Waals surface area contributed by atoms with Gasteiger partial charge in [0.2, 0.25) is 0 Å². The van der Waals surface area contributed by atoms with Crippen molar-refractivity contribution in [2.24, 2.45) is 0 Å². The summed E-state index contributed by atoms with van der Waals surface area (Å²) in [6.45, 7) is 2.14. The van der Waals surface area contributed by atoms with E-state index in [9.17, 15) is 13.6 Å². The molecule has 0 aliphatic carbocycles. The number of rotatable bonds is 3. The van der Waals surface area contributed by atoms with Crippen LogP contribution in [0.3, 0.4) is 0 Å². The Bertz CT molecular complexity index is 1050. The van der Waals surface area contributed by atoms with Crippen molar-refractivity contribution in [3.05, 3.63) is 72.4 Å². The molecule has 2 heterocycles. The number of anilines is 3. The predicted molar refractivity (Wildman–Crippen MR) is 115 cm³/mol. The number of halogens is 2. The van der Waals surface area contributed by atoms with E-state index in [1.54, 1.807) is 41.4 Å². The van der Waals surface area contributed by atoms with Gasteiger partial charge in [0.1, 0.15) is 5.82 Å². The molecule has 1 aromatic heterocycles. The first kappa shape index (κ1) is 19.8. The highest BCUT2D eigenvalue weighted by Gasteiger charge is 2.25. The second-order valence-corrected chi connectivity index (χ2v) is 7.28. The summed E-state index contributed by atoms with van der Waals surface area (Å²) in [4.78, 5) is 18.8. The highest BCUT2D eigenvalue weighted by molar-refractivity contribution is 6.04. The monoisotopic (exact) mass is 408 g/mol. The van der Waals surface area contributed by atoms with E-state index in [2.05, 4.69) is 15.6 Å². The zero-order chi connectivity index (χ0) is 21.1. The minimum Gasteiger partial charge on any atom is -0.383 e. The lowest BCUT2D eigenvalue weighted by Crippen LogP contribution is -2.35. The van der Waals surface area contributed by atoms with Crippen LogP contribution < -0.4 is 15.5 Å². The van der Waals surface area contributed by atoms with Crippen molar-refractivity contribution >= 4 is 23.2 Å². The number of nitrogens with one attached hydrogen (secondary N) is 2. The Hall–Kier alpha value is -3.48. The molecule has 0 atom stereocenters. The number of nitrogens with zero attached hydrogens (tertiary/aromatic N) is 2. The van der Waals surface area contributed by atoms with Crippen LogP contribution in [0.1, 0.15) is 18.9 Å². The number of hydrogen-bond donors (Lipinski definition) is 2. The van der Waals surface area contributed by atoms with E-state index in [-0.39, 0.29) is 11.6 Å². The number of aromatic nitrogens is 1. The van der Waals surface area contributed by atoms with Crippen LogP contribution in [0.25, 0.3) is 11.1 Å². The van der Waals surface area contributed by atoms with Gasteiger partial charge >= 0.3 is 6.03 Å². The number of fused-ring (bicyclic) bond motifs is 1. The van der Waals surface area contributed by atoms with Crippen molar-refractivity contribution in [1.29, 1.82) is 0 Å². The molecule has 154 valence electrons. The van der Waals surface area contributed by atoms with Gasteiger partial charge in [-0.2, -0.15) is 0 Å². The van der Waals surface area contributed by atoms with Crippen molar-refractivity contribution in [3.63, 3.8) is 0 Å². The fourth-order valence-electron chi connectivity index (χ4n) is 3.46. The van der Waals surface area contributed by atoms with Gasteiger partial charge in [-0.05, 0) is 47.9 Å². The quantitative estimate of drug-likeness (QED) is 0.583. The van der Waals surface area contributed by atoms with E-state index in [0.29, 0.717) is 23.6 Å². The molecule has 2 amide bonds. The molecule has 30 heavy (non-hydrogen) atoms. The summed E-state index contributed by atoms with van der Waals surface area (Å²) in [6, 6.07) is 17.0. The van der Waals surface area contributed by atoms with Crippen LogP contribution in [-0.2, 0) is 5.92 Å². The highest BCUT2D eigenvalue weighted by atomic mass is 19.3. The van der Waals surface area contributed by atoms with Crippen LogP contribution in [0, 0.1) is 0 Å². The minimum absolute atomic E-state index is 0.0437. The maximum atomic E-state index is 13.8. The smallest absolute Gasteiger partial charge is 0.327 e. The Labute approximate surface area is 173 Å². The zero-order valence-electron chi connectivity index (χ0n) is 16.5. The van der Waals surface area contributed by atoms with E-state index in [1.807, 2.05) is 18.2 Å². The second kappa shape index (κ2) is 8.10. The maximum absolute atomic E-state index is 13.8. The largest absolute Gasteiger partial charge is 0.383 e. The number of benzene rings is 2. The van der Waals surface area contributed by atoms with Crippen molar-refractivity contribution in [2.75, 3.05) is 28.6 Å². The molecule has 0 fully saturated rings. The summed E-state index contributed by atoms with van der Waals surface area (Å²) in [5.74, 6) is -2.45. The zero-order valence-corrected chi connectivity index (χ0v) is 16.5.